The third-order valence-electron chi connectivity index (χ3n) is 2.65. The van der Waals surface area contributed by atoms with Crippen LogP contribution in [0, 0.1) is 6.92 Å². The molecule has 0 unspecified atom stereocenters. The molecule has 20 heavy (non-hydrogen) atoms. The molecule has 1 aromatic carbocycles. The lowest BCUT2D eigenvalue weighted by molar-refractivity contribution is 0.0772. The predicted molar refractivity (Wildman–Crippen MR) is 78.6 cm³/mol. The molecule has 0 bridgehead atoms. The van der Waals surface area contributed by atoms with Crippen LogP contribution in [0.15, 0.2) is 24.3 Å². The average molecular weight is 312 g/mol. The monoisotopic (exact) mass is 311 g/mol. The molecule has 0 radical (unpaired) electrons. The zero-order chi connectivity index (χ0) is 14.5. The van der Waals surface area contributed by atoms with E-state index < -0.39 is 0 Å². The summed E-state index contributed by atoms with van der Waals surface area (Å²) < 4.78 is 5.83. The molecular weight excluding hydrogens is 298 g/mol. The number of amides is 1. The van der Waals surface area contributed by atoms with E-state index in [9.17, 15) is 4.79 Å². The average Bonchev–Trinajstić information content (AvgIpc) is 2.86. The fraction of sp³-hybridized carbons (Fsp3) is 0.308. The van der Waals surface area contributed by atoms with Gasteiger partial charge in [0.15, 0.2) is 0 Å². The van der Waals surface area contributed by atoms with Crippen LogP contribution in [0.3, 0.4) is 0 Å². The van der Waals surface area contributed by atoms with E-state index in [4.69, 9.17) is 16.3 Å². The number of carbonyl (C=O) groups is 1. The molecule has 0 atom stereocenters. The van der Waals surface area contributed by atoms with Gasteiger partial charge in [-0.15, -0.1) is 10.2 Å². The van der Waals surface area contributed by atoms with E-state index >= 15 is 0 Å². The Morgan fingerprint density at radius 1 is 1.35 bits per heavy atom. The van der Waals surface area contributed by atoms with Crippen molar-refractivity contribution >= 4 is 28.8 Å². The topological polar surface area (TPSA) is 55.3 Å². The molecule has 0 saturated carbocycles. The van der Waals surface area contributed by atoms with Gasteiger partial charge in [-0.05, 0) is 30.7 Å². The highest BCUT2D eigenvalue weighted by Gasteiger charge is 2.16. The summed E-state index contributed by atoms with van der Waals surface area (Å²) in [6.45, 7) is 2.89. The first-order valence-corrected chi connectivity index (χ1v) is 7.19. The minimum Gasteiger partial charge on any atom is -0.492 e. The van der Waals surface area contributed by atoms with Gasteiger partial charge in [0.25, 0.3) is 5.91 Å². The molecule has 0 spiro atoms. The van der Waals surface area contributed by atoms with Gasteiger partial charge in [-0.25, -0.2) is 0 Å². The number of aromatic nitrogens is 2. The predicted octanol–water partition coefficient (Wildman–Crippen LogP) is 2.65. The largest absolute Gasteiger partial charge is 0.492 e. The molecule has 0 saturated heterocycles. The molecule has 7 heteroatoms. The first kappa shape index (κ1) is 14.7. The Hall–Kier alpha value is -1.66. The standard InChI is InChI=1S/C13H14ClN3O2S/c1-9-3-5-10(6-4-9)19-8-7-17(2)12(18)11-15-16-13(14)20-11/h3-6H,7-8H2,1-2H3. The minimum atomic E-state index is -0.207. The van der Waals surface area contributed by atoms with Crippen molar-refractivity contribution in [3.05, 3.63) is 39.3 Å². The molecule has 1 aromatic heterocycles. The van der Waals surface area contributed by atoms with Crippen molar-refractivity contribution in [3.8, 4) is 5.75 Å². The lowest BCUT2D eigenvalue weighted by atomic mass is 10.2. The fourth-order valence-corrected chi connectivity index (χ4v) is 2.31. The number of rotatable bonds is 5. The third-order valence-corrected chi connectivity index (χ3v) is 3.65. The van der Waals surface area contributed by atoms with Gasteiger partial charge < -0.3 is 9.64 Å². The molecule has 2 rings (SSSR count). The SMILES string of the molecule is Cc1ccc(OCCN(C)C(=O)c2nnc(Cl)s2)cc1. The van der Waals surface area contributed by atoms with Gasteiger partial charge in [0.1, 0.15) is 12.4 Å². The lowest BCUT2D eigenvalue weighted by Gasteiger charge is -2.15. The lowest BCUT2D eigenvalue weighted by Crippen LogP contribution is -2.30. The molecule has 5 nitrogen and oxygen atoms in total. The Morgan fingerprint density at radius 2 is 2.05 bits per heavy atom. The van der Waals surface area contributed by atoms with E-state index in [0.717, 1.165) is 17.1 Å². The van der Waals surface area contributed by atoms with Crippen molar-refractivity contribution in [1.82, 2.24) is 15.1 Å². The Kier molecular flexibility index (Phi) is 4.92. The van der Waals surface area contributed by atoms with Crippen LogP contribution in [-0.4, -0.2) is 41.2 Å². The number of halogens is 1. The highest BCUT2D eigenvalue weighted by atomic mass is 35.5. The second-order valence-electron chi connectivity index (χ2n) is 4.25. The number of benzene rings is 1. The Bertz CT molecular complexity index is 586. The van der Waals surface area contributed by atoms with Crippen molar-refractivity contribution in [2.24, 2.45) is 0 Å². The first-order chi connectivity index (χ1) is 9.56. The number of ether oxygens (including phenoxy) is 1. The van der Waals surface area contributed by atoms with Gasteiger partial charge in [0.2, 0.25) is 9.47 Å². The van der Waals surface area contributed by atoms with Crippen LogP contribution in [0.4, 0.5) is 0 Å². The molecular formula is C13H14ClN3O2S. The smallest absolute Gasteiger partial charge is 0.284 e. The summed E-state index contributed by atoms with van der Waals surface area (Å²) in [6.07, 6.45) is 0. The molecule has 1 heterocycles. The molecule has 0 N–H and O–H groups in total. The summed E-state index contributed by atoms with van der Waals surface area (Å²) in [7, 11) is 1.69. The van der Waals surface area contributed by atoms with Gasteiger partial charge >= 0.3 is 0 Å². The fourth-order valence-electron chi connectivity index (χ4n) is 1.49. The highest BCUT2D eigenvalue weighted by molar-refractivity contribution is 7.17. The van der Waals surface area contributed by atoms with Gasteiger partial charge in [-0.3, -0.25) is 4.79 Å². The zero-order valence-corrected chi connectivity index (χ0v) is 12.7. The van der Waals surface area contributed by atoms with Crippen LogP contribution >= 0.6 is 22.9 Å². The van der Waals surface area contributed by atoms with Crippen molar-refractivity contribution in [1.29, 1.82) is 0 Å². The number of carbonyl (C=O) groups excluding carboxylic acids is 1. The van der Waals surface area contributed by atoms with Crippen LogP contribution in [-0.2, 0) is 0 Å². The van der Waals surface area contributed by atoms with Crippen LogP contribution in [0.25, 0.3) is 0 Å². The van der Waals surface area contributed by atoms with Crippen molar-refractivity contribution < 1.29 is 9.53 Å². The number of nitrogens with zero attached hydrogens (tertiary/aromatic N) is 3. The quantitative estimate of drug-likeness (QED) is 0.852. The summed E-state index contributed by atoms with van der Waals surface area (Å²) in [5.74, 6) is 0.581. The summed E-state index contributed by atoms with van der Waals surface area (Å²) in [6, 6.07) is 7.77. The molecule has 1 amide bonds. The summed E-state index contributed by atoms with van der Waals surface area (Å²) in [4.78, 5) is 13.5. The van der Waals surface area contributed by atoms with Crippen LogP contribution in [0.2, 0.25) is 4.47 Å². The molecule has 106 valence electrons. The van der Waals surface area contributed by atoms with Gasteiger partial charge in [-0.1, -0.05) is 29.0 Å². The Morgan fingerprint density at radius 3 is 2.65 bits per heavy atom. The molecule has 0 aliphatic carbocycles. The van der Waals surface area contributed by atoms with Crippen molar-refractivity contribution in [2.75, 3.05) is 20.2 Å². The van der Waals surface area contributed by atoms with Crippen LogP contribution in [0.5, 0.6) is 5.75 Å². The second-order valence-corrected chi connectivity index (χ2v) is 5.81. The number of hydrogen-bond acceptors (Lipinski definition) is 5. The Balaban J connectivity index is 1.81. The number of hydrogen-bond donors (Lipinski definition) is 0. The Labute approximate surface area is 126 Å². The molecule has 0 aliphatic heterocycles. The van der Waals surface area contributed by atoms with E-state index in [2.05, 4.69) is 10.2 Å². The van der Waals surface area contributed by atoms with E-state index in [-0.39, 0.29) is 15.4 Å². The van der Waals surface area contributed by atoms with E-state index in [1.54, 1.807) is 7.05 Å². The normalized spacial score (nSPS) is 10.3. The maximum Gasteiger partial charge on any atom is 0.284 e. The molecule has 0 fully saturated rings. The summed E-state index contributed by atoms with van der Waals surface area (Å²) in [5, 5.41) is 7.61. The van der Waals surface area contributed by atoms with Crippen LogP contribution < -0.4 is 4.74 Å². The van der Waals surface area contributed by atoms with Gasteiger partial charge in [0, 0.05) is 7.05 Å². The maximum absolute atomic E-state index is 12.0. The van der Waals surface area contributed by atoms with Crippen molar-refractivity contribution in [2.45, 2.75) is 6.92 Å². The number of aryl methyl sites for hydroxylation is 1. The zero-order valence-electron chi connectivity index (χ0n) is 11.2. The highest BCUT2D eigenvalue weighted by Crippen LogP contribution is 2.16. The van der Waals surface area contributed by atoms with E-state index in [1.165, 1.54) is 10.5 Å². The summed E-state index contributed by atoms with van der Waals surface area (Å²) in [5.41, 5.74) is 1.18. The van der Waals surface area contributed by atoms with E-state index in [0.29, 0.717) is 13.2 Å². The second kappa shape index (κ2) is 6.67. The van der Waals surface area contributed by atoms with E-state index in [1.807, 2.05) is 31.2 Å². The van der Waals surface area contributed by atoms with Gasteiger partial charge in [0.05, 0.1) is 6.54 Å². The van der Waals surface area contributed by atoms with Crippen molar-refractivity contribution in [3.63, 3.8) is 0 Å². The maximum atomic E-state index is 12.0. The van der Waals surface area contributed by atoms with Crippen LogP contribution in [0.1, 0.15) is 15.4 Å². The molecule has 0 aliphatic rings. The first-order valence-electron chi connectivity index (χ1n) is 6.00. The summed E-state index contributed by atoms with van der Waals surface area (Å²) >= 11 is 6.72. The molecule has 2 aromatic rings. The number of likely N-dealkylation sites (N-methyl/N-ethyl adjacent to an activating group) is 1. The van der Waals surface area contributed by atoms with Gasteiger partial charge in [-0.2, -0.15) is 0 Å². The third kappa shape index (κ3) is 3.91. The minimum absolute atomic E-state index is 0.207.